The molecule has 9 nitrogen and oxygen atoms in total. The van der Waals surface area contributed by atoms with E-state index in [-0.39, 0.29) is 42.1 Å². The fourth-order valence-corrected chi connectivity index (χ4v) is 4.24. The van der Waals surface area contributed by atoms with Crippen LogP contribution in [0.2, 0.25) is 0 Å². The van der Waals surface area contributed by atoms with Crippen LogP contribution < -0.4 is 16.0 Å². The minimum absolute atomic E-state index is 0.149. The molecule has 2 aliphatic heterocycles. The van der Waals surface area contributed by atoms with Crippen molar-refractivity contribution in [1.29, 1.82) is 5.26 Å². The quantitative estimate of drug-likeness (QED) is 0.432. The van der Waals surface area contributed by atoms with Gasteiger partial charge in [0, 0.05) is 31.8 Å². The van der Waals surface area contributed by atoms with Crippen molar-refractivity contribution >= 4 is 24.1 Å². The first kappa shape index (κ1) is 25.4. The third kappa shape index (κ3) is 5.47. The SMILES string of the molecule is CC1=C(C)C2(CC(C#N)N(C(=O)[C@H](CC(C)(C)C)C(=O)NC3CC3)C2)C(=O)N1.CNC=O. The van der Waals surface area contributed by atoms with Gasteiger partial charge in [-0.1, -0.05) is 20.8 Å². The van der Waals surface area contributed by atoms with Crippen molar-refractivity contribution < 1.29 is 19.2 Å². The summed E-state index contributed by atoms with van der Waals surface area (Å²) in [5, 5.41) is 17.7. The number of nitrogens with one attached hydrogen (secondary N) is 3. The molecule has 0 aromatic heterocycles. The largest absolute Gasteiger partial charge is 0.362 e. The lowest BCUT2D eigenvalue weighted by molar-refractivity contribution is -0.144. The van der Waals surface area contributed by atoms with Gasteiger partial charge in [-0.15, -0.1) is 0 Å². The van der Waals surface area contributed by atoms with Crippen molar-refractivity contribution in [2.24, 2.45) is 16.7 Å². The molecule has 3 atom stereocenters. The molecule has 0 radical (unpaired) electrons. The standard InChI is InChI=1S/C21H30N4O3.C2H5NO/c1-12-13(2)23-19(28)21(12)8-15(10-22)25(11-21)18(27)16(9-20(3,4)5)17(26)24-14-6-7-14;1-3-2-4/h14-16H,6-9,11H2,1-5H3,(H,23,28)(H,24,26);2H,1H3,(H,3,4)/t15?,16-,21?;/m1./s1. The average molecular weight is 446 g/mol. The van der Waals surface area contributed by atoms with Crippen molar-refractivity contribution in [1.82, 2.24) is 20.9 Å². The molecule has 3 aliphatic rings. The summed E-state index contributed by atoms with van der Waals surface area (Å²) >= 11 is 0. The molecule has 2 unspecified atom stereocenters. The molecule has 1 saturated heterocycles. The highest BCUT2D eigenvalue weighted by Gasteiger charge is 2.56. The second kappa shape index (κ2) is 9.72. The number of hydrogen-bond donors (Lipinski definition) is 3. The van der Waals surface area contributed by atoms with E-state index >= 15 is 0 Å². The fourth-order valence-electron chi connectivity index (χ4n) is 4.24. The van der Waals surface area contributed by atoms with Crippen LogP contribution in [0.15, 0.2) is 11.3 Å². The van der Waals surface area contributed by atoms with Crippen molar-refractivity contribution in [2.45, 2.75) is 72.4 Å². The summed E-state index contributed by atoms with van der Waals surface area (Å²) in [7, 11) is 1.56. The molecule has 1 aliphatic carbocycles. The molecule has 2 heterocycles. The lowest BCUT2D eigenvalue weighted by Gasteiger charge is -2.30. The van der Waals surface area contributed by atoms with E-state index in [9.17, 15) is 19.6 Å². The summed E-state index contributed by atoms with van der Waals surface area (Å²) in [5.41, 5.74) is 0.577. The highest BCUT2D eigenvalue weighted by atomic mass is 16.2. The molecule has 1 spiro atoms. The average Bonchev–Trinajstić information content (AvgIpc) is 3.41. The summed E-state index contributed by atoms with van der Waals surface area (Å²) in [6, 6.07) is 1.63. The van der Waals surface area contributed by atoms with E-state index in [0.717, 1.165) is 24.1 Å². The van der Waals surface area contributed by atoms with Gasteiger partial charge in [0.1, 0.15) is 12.0 Å². The van der Waals surface area contributed by atoms with Gasteiger partial charge in [0.05, 0.1) is 11.5 Å². The van der Waals surface area contributed by atoms with Crippen LogP contribution in [0, 0.1) is 28.1 Å². The Morgan fingerprint density at radius 1 is 1.34 bits per heavy atom. The minimum atomic E-state index is -0.862. The predicted octanol–water partition coefficient (Wildman–Crippen LogP) is 1.21. The first-order chi connectivity index (χ1) is 14.9. The zero-order chi connectivity index (χ0) is 24.3. The van der Waals surface area contributed by atoms with Crippen LogP contribution in [0.3, 0.4) is 0 Å². The Morgan fingerprint density at radius 3 is 2.34 bits per heavy atom. The number of amides is 4. The first-order valence-electron chi connectivity index (χ1n) is 11.0. The number of nitrogens with zero attached hydrogens (tertiary/aromatic N) is 2. The van der Waals surface area contributed by atoms with Gasteiger partial charge in [-0.3, -0.25) is 19.2 Å². The van der Waals surface area contributed by atoms with Gasteiger partial charge < -0.3 is 20.9 Å². The Labute approximate surface area is 190 Å². The van der Waals surface area contributed by atoms with Gasteiger partial charge in [0.15, 0.2) is 0 Å². The zero-order valence-corrected chi connectivity index (χ0v) is 19.9. The molecule has 32 heavy (non-hydrogen) atoms. The lowest BCUT2D eigenvalue weighted by atomic mass is 9.79. The maximum atomic E-state index is 13.4. The van der Waals surface area contributed by atoms with E-state index in [1.165, 1.54) is 4.90 Å². The summed E-state index contributed by atoms with van der Waals surface area (Å²) in [5.74, 6) is -1.62. The van der Waals surface area contributed by atoms with Crippen LogP contribution >= 0.6 is 0 Å². The monoisotopic (exact) mass is 445 g/mol. The number of carbonyl (C=O) groups is 4. The topological polar surface area (TPSA) is 131 Å². The van der Waals surface area contributed by atoms with Gasteiger partial charge in [0.25, 0.3) is 0 Å². The van der Waals surface area contributed by atoms with E-state index in [0.29, 0.717) is 12.8 Å². The van der Waals surface area contributed by atoms with E-state index in [1.807, 2.05) is 34.6 Å². The van der Waals surface area contributed by atoms with E-state index < -0.39 is 17.4 Å². The normalized spacial score (nSPS) is 25.5. The lowest BCUT2D eigenvalue weighted by Crippen LogP contribution is -2.48. The van der Waals surface area contributed by atoms with Crippen molar-refractivity contribution in [3.8, 4) is 6.07 Å². The van der Waals surface area contributed by atoms with Crippen LogP contribution in [0.4, 0.5) is 0 Å². The maximum Gasteiger partial charge on any atom is 0.236 e. The Bertz CT molecular complexity index is 849. The number of likely N-dealkylation sites (tertiary alicyclic amines) is 1. The number of allylic oxidation sites excluding steroid dienone is 1. The van der Waals surface area contributed by atoms with Gasteiger partial charge in [-0.05, 0) is 44.1 Å². The molecule has 0 aromatic carbocycles. The second-order valence-corrected chi connectivity index (χ2v) is 10.1. The van der Waals surface area contributed by atoms with E-state index in [4.69, 9.17) is 4.79 Å². The number of nitriles is 1. The van der Waals surface area contributed by atoms with Crippen LogP contribution in [0.1, 0.15) is 60.3 Å². The van der Waals surface area contributed by atoms with Crippen LogP contribution in [-0.4, -0.2) is 54.7 Å². The molecular formula is C23H35N5O4. The molecule has 0 aromatic rings. The first-order valence-corrected chi connectivity index (χ1v) is 11.0. The Morgan fingerprint density at radius 2 is 1.94 bits per heavy atom. The number of carbonyl (C=O) groups excluding carboxylic acids is 4. The smallest absolute Gasteiger partial charge is 0.236 e. The summed E-state index contributed by atoms with van der Waals surface area (Å²) < 4.78 is 0. The third-order valence-corrected chi connectivity index (χ3v) is 6.28. The molecule has 176 valence electrons. The Balaban J connectivity index is 0.000000837. The van der Waals surface area contributed by atoms with Gasteiger partial charge in [-0.25, -0.2) is 0 Å². The van der Waals surface area contributed by atoms with Gasteiger partial charge in [0.2, 0.25) is 24.1 Å². The summed E-state index contributed by atoms with van der Waals surface area (Å²) in [6.45, 7) is 9.83. The maximum absolute atomic E-state index is 13.4. The Kier molecular flexibility index (Phi) is 7.70. The van der Waals surface area contributed by atoms with E-state index in [2.05, 4.69) is 22.0 Å². The van der Waals surface area contributed by atoms with Crippen LogP contribution in [0.5, 0.6) is 0 Å². The molecule has 0 bridgehead atoms. The third-order valence-electron chi connectivity index (χ3n) is 6.28. The van der Waals surface area contributed by atoms with Crippen molar-refractivity contribution in [3.05, 3.63) is 11.3 Å². The minimum Gasteiger partial charge on any atom is -0.362 e. The zero-order valence-electron chi connectivity index (χ0n) is 19.9. The number of rotatable bonds is 5. The van der Waals surface area contributed by atoms with Crippen molar-refractivity contribution in [3.63, 3.8) is 0 Å². The van der Waals surface area contributed by atoms with Gasteiger partial charge in [-0.2, -0.15) is 5.26 Å². The van der Waals surface area contributed by atoms with Gasteiger partial charge >= 0.3 is 0 Å². The Hall–Kier alpha value is -2.89. The predicted molar refractivity (Wildman–Crippen MR) is 119 cm³/mol. The molecule has 9 heteroatoms. The highest BCUT2D eigenvalue weighted by Crippen LogP contribution is 2.46. The molecule has 1 saturated carbocycles. The molecule has 4 amide bonds. The highest BCUT2D eigenvalue weighted by molar-refractivity contribution is 6.02. The van der Waals surface area contributed by atoms with E-state index in [1.54, 1.807) is 7.05 Å². The molecular weight excluding hydrogens is 410 g/mol. The van der Waals surface area contributed by atoms with Crippen LogP contribution in [0.25, 0.3) is 0 Å². The van der Waals surface area contributed by atoms with Crippen molar-refractivity contribution in [2.75, 3.05) is 13.6 Å². The summed E-state index contributed by atoms with van der Waals surface area (Å²) in [6.07, 6.45) is 3.18. The molecule has 3 N–H and O–H groups in total. The summed E-state index contributed by atoms with van der Waals surface area (Å²) in [4.78, 5) is 49.4. The fraction of sp³-hybridized carbons (Fsp3) is 0.696. The second-order valence-electron chi connectivity index (χ2n) is 10.1. The number of hydrogen-bond acceptors (Lipinski definition) is 5. The molecule has 3 rings (SSSR count). The van der Waals surface area contributed by atoms with Crippen LogP contribution in [-0.2, 0) is 19.2 Å². The molecule has 2 fully saturated rings.